The summed E-state index contributed by atoms with van der Waals surface area (Å²) in [6, 6.07) is 15.7. The van der Waals surface area contributed by atoms with E-state index >= 15 is 0 Å². The molecule has 2 aromatic rings. The van der Waals surface area contributed by atoms with E-state index in [-0.39, 0.29) is 6.04 Å². The maximum absolute atomic E-state index is 8.90. The number of benzene rings is 1. The molecule has 0 N–H and O–H groups in total. The Hall–Kier alpha value is -2.05. The van der Waals surface area contributed by atoms with Crippen molar-refractivity contribution in [2.45, 2.75) is 19.4 Å². The summed E-state index contributed by atoms with van der Waals surface area (Å²) in [5.74, 6) is 0.811. The van der Waals surface area contributed by atoms with Gasteiger partial charge in [-0.05, 0) is 43.2 Å². The second-order valence-corrected chi connectivity index (χ2v) is 5.22. The van der Waals surface area contributed by atoms with Crippen LogP contribution >= 0.6 is 11.6 Å². The van der Waals surface area contributed by atoms with Crippen LogP contribution in [0.15, 0.2) is 42.5 Å². The zero-order chi connectivity index (χ0) is 14.5. The van der Waals surface area contributed by atoms with E-state index in [0.29, 0.717) is 5.69 Å². The Labute approximate surface area is 124 Å². The smallest absolute Gasteiger partial charge is 0.142 e. The van der Waals surface area contributed by atoms with Crippen LogP contribution in [0.1, 0.15) is 18.2 Å². The van der Waals surface area contributed by atoms with Gasteiger partial charge in [0.05, 0.1) is 0 Å². The summed E-state index contributed by atoms with van der Waals surface area (Å²) < 4.78 is 0. The summed E-state index contributed by atoms with van der Waals surface area (Å²) in [4.78, 5) is 6.39. The van der Waals surface area contributed by atoms with E-state index in [1.54, 1.807) is 6.07 Å². The van der Waals surface area contributed by atoms with Crippen LogP contribution in [0, 0.1) is 11.3 Å². The first-order valence-electron chi connectivity index (χ1n) is 6.44. The summed E-state index contributed by atoms with van der Waals surface area (Å²) in [6.07, 6.45) is 0.895. The van der Waals surface area contributed by atoms with Crippen LogP contribution in [0.4, 0.5) is 5.82 Å². The van der Waals surface area contributed by atoms with Gasteiger partial charge in [0.15, 0.2) is 0 Å². The summed E-state index contributed by atoms with van der Waals surface area (Å²) >= 11 is 5.89. The Morgan fingerprint density at radius 1 is 1.25 bits per heavy atom. The molecular formula is C16H16ClN3. The van der Waals surface area contributed by atoms with Crippen LogP contribution < -0.4 is 4.90 Å². The van der Waals surface area contributed by atoms with Gasteiger partial charge in [-0.3, -0.25) is 0 Å². The Morgan fingerprint density at radius 3 is 2.60 bits per heavy atom. The SMILES string of the molecule is CC(Cc1ccc(Cl)cc1)N(C)c1cccc(C#N)n1. The van der Waals surface area contributed by atoms with E-state index in [4.69, 9.17) is 16.9 Å². The van der Waals surface area contributed by atoms with Crippen molar-refractivity contribution in [3.05, 3.63) is 58.7 Å². The van der Waals surface area contributed by atoms with Crippen molar-refractivity contribution >= 4 is 17.4 Å². The molecule has 0 aliphatic rings. The lowest BCUT2D eigenvalue weighted by Crippen LogP contribution is -2.31. The van der Waals surface area contributed by atoms with Crippen molar-refractivity contribution in [3.8, 4) is 6.07 Å². The van der Waals surface area contributed by atoms with E-state index in [2.05, 4.69) is 22.9 Å². The average molecular weight is 286 g/mol. The maximum Gasteiger partial charge on any atom is 0.142 e. The topological polar surface area (TPSA) is 39.9 Å². The molecule has 4 heteroatoms. The minimum absolute atomic E-state index is 0.276. The van der Waals surface area contributed by atoms with Gasteiger partial charge in [0.2, 0.25) is 0 Å². The molecule has 20 heavy (non-hydrogen) atoms. The number of hydrogen-bond donors (Lipinski definition) is 0. The summed E-state index contributed by atoms with van der Waals surface area (Å²) in [7, 11) is 1.99. The molecule has 0 amide bonds. The van der Waals surface area contributed by atoms with Gasteiger partial charge in [-0.1, -0.05) is 29.8 Å². The van der Waals surface area contributed by atoms with Crippen molar-refractivity contribution in [2.24, 2.45) is 0 Å². The van der Waals surface area contributed by atoms with Gasteiger partial charge in [-0.15, -0.1) is 0 Å². The number of likely N-dealkylation sites (N-methyl/N-ethyl adjacent to an activating group) is 1. The Kier molecular flexibility index (Phi) is 4.60. The number of aromatic nitrogens is 1. The highest BCUT2D eigenvalue weighted by atomic mass is 35.5. The molecule has 0 saturated heterocycles. The number of hydrogen-bond acceptors (Lipinski definition) is 3. The highest BCUT2D eigenvalue weighted by Gasteiger charge is 2.12. The third-order valence-electron chi connectivity index (χ3n) is 3.32. The van der Waals surface area contributed by atoms with Crippen LogP contribution in [0.3, 0.4) is 0 Å². The molecule has 0 spiro atoms. The molecule has 1 atom stereocenters. The Morgan fingerprint density at radius 2 is 1.95 bits per heavy atom. The Balaban J connectivity index is 2.10. The van der Waals surface area contributed by atoms with Crippen molar-refractivity contribution in [1.82, 2.24) is 4.98 Å². The monoisotopic (exact) mass is 285 g/mol. The van der Waals surface area contributed by atoms with Crippen molar-refractivity contribution in [3.63, 3.8) is 0 Å². The molecule has 1 heterocycles. The zero-order valence-electron chi connectivity index (χ0n) is 11.5. The molecule has 1 aromatic carbocycles. The van der Waals surface area contributed by atoms with E-state index < -0.39 is 0 Å². The highest BCUT2D eigenvalue weighted by molar-refractivity contribution is 6.30. The predicted octanol–water partition coefficient (Wildman–Crippen LogP) is 3.67. The van der Waals surface area contributed by atoms with Crippen molar-refractivity contribution in [1.29, 1.82) is 5.26 Å². The zero-order valence-corrected chi connectivity index (χ0v) is 12.3. The number of halogens is 1. The van der Waals surface area contributed by atoms with Crippen LogP contribution in [0.5, 0.6) is 0 Å². The van der Waals surface area contributed by atoms with Crippen LogP contribution in [0.2, 0.25) is 5.02 Å². The molecule has 0 radical (unpaired) electrons. The van der Waals surface area contributed by atoms with Crippen LogP contribution in [0.25, 0.3) is 0 Å². The van der Waals surface area contributed by atoms with E-state index in [1.165, 1.54) is 5.56 Å². The summed E-state index contributed by atoms with van der Waals surface area (Å²) in [5, 5.41) is 9.65. The number of rotatable bonds is 4. The number of anilines is 1. The molecule has 1 aromatic heterocycles. The highest BCUT2D eigenvalue weighted by Crippen LogP contribution is 2.17. The predicted molar refractivity (Wildman–Crippen MR) is 82.0 cm³/mol. The normalized spacial score (nSPS) is 11.7. The molecule has 0 bridgehead atoms. The largest absolute Gasteiger partial charge is 0.357 e. The third-order valence-corrected chi connectivity index (χ3v) is 3.57. The van der Waals surface area contributed by atoms with E-state index in [9.17, 15) is 0 Å². The lowest BCUT2D eigenvalue weighted by molar-refractivity contribution is 0.674. The first-order valence-corrected chi connectivity index (χ1v) is 6.82. The number of pyridine rings is 1. The van der Waals surface area contributed by atoms with Crippen molar-refractivity contribution in [2.75, 3.05) is 11.9 Å². The minimum atomic E-state index is 0.276. The molecule has 0 saturated carbocycles. The van der Waals surface area contributed by atoms with Gasteiger partial charge in [0.25, 0.3) is 0 Å². The lowest BCUT2D eigenvalue weighted by atomic mass is 10.1. The fraction of sp³-hybridized carbons (Fsp3) is 0.250. The van der Waals surface area contributed by atoms with Gasteiger partial charge < -0.3 is 4.90 Å². The second-order valence-electron chi connectivity index (χ2n) is 4.78. The summed E-state index contributed by atoms with van der Waals surface area (Å²) in [6.45, 7) is 2.13. The van der Waals surface area contributed by atoms with Gasteiger partial charge in [-0.25, -0.2) is 4.98 Å². The maximum atomic E-state index is 8.90. The molecular weight excluding hydrogens is 270 g/mol. The Bertz CT molecular complexity index is 616. The van der Waals surface area contributed by atoms with Gasteiger partial charge in [0, 0.05) is 18.1 Å². The van der Waals surface area contributed by atoms with Gasteiger partial charge in [0.1, 0.15) is 17.6 Å². The minimum Gasteiger partial charge on any atom is -0.357 e. The fourth-order valence-corrected chi connectivity index (χ4v) is 2.13. The molecule has 0 fully saturated rings. The molecule has 0 aliphatic carbocycles. The van der Waals surface area contributed by atoms with Gasteiger partial charge >= 0.3 is 0 Å². The third kappa shape index (κ3) is 3.49. The quantitative estimate of drug-likeness (QED) is 0.860. The first kappa shape index (κ1) is 14.4. The van der Waals surface area contributed by atoms with Crippen LogP contribution in [-0.4, -0.2) is 18.1 Å². The van der Waals surface area contributed by atoms with E-state index in [0.717, 1.165) is 17.3 Å². The molecule has 102 valence electrons. The molecule has 1 unspecified atom stereocenters. The average Bonchev–Trinajstić information content (AvgIpc) is 2.48. The standard InChI is InChI=1S/C16H16ClN3/c1-12(10-13-6-8-14(17)9-7-13)20(2)16-5-3-4-15(11-18)19-16/h3-9,12H,10H2,1-2H3. The second kappa shape index (κ2) is 6.40. The summed E-state index contributed by atoms with van der Waals surface area (Å²) in [5.41, 5.74) is 1.67. The molecule has 3 nitrogen and oxygen atoms in total. The first-order chi connectivity index (χ1) is 9.60. The van der Waals surface area contributed by atoms with Crippen LogP contribution in [-0.2, 0) is 6.42 Å². The van der Waals surface area contributed by atoms with Crippen molar-refractivity contribution < 1.29 is 0 Å². The lowest BCUT2D eigenvalue weighted by Gasteiger charge is -2.26. The fourth-order valence-electron chi connectivity index (χ4n) is 2.01. The number of nitrogens with zero attached hydrogens (tertiary/aromatic N) is 3. The number of nitriles is 1. The molecule has 0 aliphatic heterocycles. The van der Waals surface area contributed by atoms with E-state index in [1.807, 2.05) is 43.4 Å². The molecule has 2 rings (SSSR count). The van der Waals surface area contributed by atoms with Gasteiger partial charge in [-0.2, -0.15) is 5.26 Å².